The van der Waals surface area contributed by atoms with Gasteiger partial charge in [-0.05, 0) is 44.2 Å². The molecule has 0 unspecified atom stereocenters. The topological polar surface area (TPSA) is 40.6 Å². The number of carbonyl (C=O) groups excluding carboxylic acids is 2. The summed E-state index contributed by atoms with van der Waals surface area (Å²) >= 11 is 0. The van der Waals surface area contributed by atoms with E-state index in [1.165, 1.54) is 4.90 Å². The minimum absolute atomic E-state index is 0.0115. The SMILES string of the molecule is CCN(CC)c1ccc(N2C(=O)[C@@H]3[C@H](C2=O)[C@@H]2C=C[C@H]3C2)c2ccccc12. The van der Waals surface area contributed by atoms with E-state index in [4.69, 9.17) is 0 Å². The van der Waals surface area contributed by atoms with Crippen LogP contribution in [0.4, 0.5) is 11.4 Å². The normalized spacial score (nSPS) is 28.4. The molecule has 2 amide bonds. The van der Waals surface area contributed by atoms with Crippen LogP contribution in [-0.2, 0) is 9.59 Å². The zero-order chi connectivity index (χ0) is 18.7. The van der Waals surface area contributed by atoms with E-state index in [1.807, 2.05) is 24.3 Å². The van der Waals surface area contributed by atoms with Gasteiger partial charge in [0.25, 0.3) is 0 Å². The number of carbonyl (C=O) groups is 2. The quantitative estimate of drug-likeness (QED) is 0.611. The molecule has 1 saturated carbocycles. The number of imide groups is 1. The fraction of sp³-hybridized carbons (Fsp3) is 0.391. The first-order valence-electron chi connectivity index (χ1n) is 9.98. The zero-order valence-corrected chi connectivity index (χ0v) is 15.8. The molecule has 0 aromatic heterocycles. The molecule has 2 aromatic rings. The summed E-state index contributed by atoms with van der Waals surface area (Å²) in [6, 6.07) is 12.1. The van der Waals surface area contributed by atoms with Crippen LogP contribution in [0.1, 0.15) is 20.3 Å². The molecule has 4 atom stereocenters. The molecule has 1 aliphatic heterocycles. The van der Waals surface area contributed by atoms with E-state index in [1.54, 1.807) is 0 Å². The molecule has 138 valence electrons. The fourth-order valence-corrected chi connectivity index (χ4v) is 5.44. The molecule has 2 aliphatic carbocycles. The Kier molecular flexibility index (Phi) is 3.64. The van der Waals surface area contributed by atoms with Crippen molar-refractivity contribution in [2.75, 3.05) is 22.9 Å². The predicted molar refractivity (Wildman–Crippen MR) is 108 cm³/mol. The summed E-state index contributed by atoms with van der Waals surface area (Å²) in [4.78, 5) is 30.2. The monoisotopic (exact) mass is 360 g/mol. The van der Waals surface area contributed by atoms with Gasteiger partial charge < -0.3 is 4.90 Å². The number of hydrogen-bond donors (Lipinski definition) is 0. The summed E-state index contributed by atoms with van der Waals surface area (Å²) in [5, 5.41) is 2.07. The van der Waals surface area contributed by atoms with Crippen molar-refractivity contribution in [1.29, 1.82) is 0 Å². The fourth-order valence-electron chi connectivity index (χ4n) is 5.44. The lowest BCUT2D eigenvalue weighted by molar-refractivity contribution is -0.123. The van der Waals surface area contributed by atoms with Gasteiger partial charge in [0.2, 0.25) is 11.8 Å². The van der Waals surface area contributed by atoms with Gasteiger partial charge in [0.05, 0.1) is 17.5 Å². The van der Waals surface area contributed by atoms with Gasteiger partial charge in [-0.25, -0.2) is 4.90 Å². The first-order valence-corrected chi connectivity index (χ1v) is 9.98. The number of fused-ring (bicyclic) bond motifs is 6. The first-order chi connectivity index (χ1) is 13.2. The number of benzene rings is 2. The van der Waals surface area contributed by atoms with Crippen molar-refractivity contribution >= 4 is 34.0 Å². The highest BCUT2D eigenvalue weighted by atomic mass is 16.2. The van der Waals surface area contributed by atoms with E-state index in [2.05, 4.69) is 43.0 Å². The van der Waals surface area contributed by atoms with Crippen LogP contribution in [0.2, 0.25) is 0 Å². The number of anilines is 2. The summed E-state index contributed by atoms with van der Waals surface area (Å²) in [5.41, 5.74) is 1.89. The highest BCUT2D eigenvalue weighted by molar-refractivity contribution is 6.26. The second kappa shape index (κ2) is 5.95. The van der Waals surface area contributed by atoms with Crippen LogP contribution in [-0.4, -0.2) is 24.9 Å². The molecule has 5 rings (SSSR count). The van der Waals surface area contributed by atoms with E-state index in [0.29, 0.717) is 0 Å². The largest absolute Gasteiger partial charge is 0.372 e. The summed E-state index contributed by atoms with van der Waals surface area (Å²) in [5.74, 6) is 0.137. The van der Waals surface area contributed by atoms with Gasteiger partial charge >= 0.3 is 0 Å². The molecule has 4 heteroatoms. The van der Waals surface area contributed by atoms with Gasteiger partial charge in [-0.1, -0.05) is 36.4 Å². The molecule has 4 nitrogen and oxygen atoms in total. The number of hydrogen-bond acceptors (Lipinski definition) is 3. The molecular weight excluding hydrogens is 336 g/mol. The van der Waals surface area contributed by atoms with Crippen LogP contribution in [0.5, 0.6) is 0 Å². The number of allylic oxidation sites excluding steroid dienone is 2. The molecule has 2 aromatic carbocycles. The van der Waals surface area contributed by atoms with E-state index in [-0.39, 0.29) is 35.5 Å². The summed E-state index contributed by atoms with van der Waals surface area (Å²) < 4.78 is 0. The number of amides is 2. The van der Waals surface area contributed by atoms with Gasteiger partial charge in [-0.15, -0.1) is 0 Å². The molecule has 27 heavy (non-hydrogen) atoms. The molecule has 0 spiro atoms. The zero-order valence-electron chi connectivity index (χ0n) is 15.8. The van der Waals surface area contributed by atoms with E-state index in [0.717, 1.165) is 41.7 Å². The average Bonchev–Trinajstić information content (AvgIpc) is 3.37. The van der Waals surface area contributed by atoms with Gasteiger partial charge in [0.1, 0.15) is 0 Å². The summed E-state index contributed by atoms with van der Waals surface area (Å²) in [6.45, 7) is 6.12. The molecule has 1 heterocycles. The van der Waals surface area contributed by atoms with Crippen LogP contribution in [0.25, 0.3) is 10.8 Å². The van der Waals surface area contributed by atoms with E-state index >= 15 is 0 Å². The second-order valence-electron chi connectivity index (χ2n) is 7.83. The van der Waals surface area contributed by atoms with Gasteiger partial charge in [0.15, 0.2) is 0 Å². The van der Waals surface area contributed by atoms with Crippen molar-refractivity contribution in [2.24, 2.45) is 23.7 Å². The lowest BCUT2D eigenvalue weighted by Gasteiger charge is -2.25. The number of nitrogens with zero attached hydrogens (tertiary/aromatic N) is 2. The molecule has 3 aliphatic rings. The molecule has 0 N–H and O–H groups in total. The van der Waals surface area contributed by atoms with Crippen LogP contribution in [0.15, 0.2) is 48.6 Å². The third-order valence-corrected chi connectivity index (χ3v) is 6.69. The molecule has 1 saturated heterocycles. The Labute approximate surface area is 159 Å². The van der Waals surface area contributed by atoms with Crippen molar-refractivity contribution in [1.82, 2.24) is 0 Å². The van der Waals surface area contributed by atoms with Crippen LogP contribution >= 0.6 is 0 Å². The van der Waals surface area contributed by atoms with Gasteiger partial charge in [-0.2, -0.15) is 0 Å². The van der Waals surface area contributed by atoms with Crippen molar-refractivity contribution in [3.63, 3.8) is 0 Å². The van der Waals surface area contributed by atoms with Gasteiger partial charge in [0, 0.05) is 29.5 Å². The Morgan fingerprint density at radius 2 is 1.48 bits per heavy atom. The Balaban J connectivity index is 1.64. The summed E-state index contributed by atoms with van der Waals surface area (Å²) in [7, 11) is 0. The molecule has 0 radical (unpaired) electrons. The van der Waals surface area contributed by atoms with E-state index in [9.17, 15) is 9.59 Å². The number of rotatable bonds is 4. The Morgan fingerprint density at radius 3 is 2.07 bits per heavy atom. The maximum Gasteiger partial charge on any atom is 0.238 e. The highest BCUT2D eigenvalue weighted by Crippen LogP contribution is 2.53. The third kappa shape index (κ3) is 2.16. The van der Waals surface area contributed by atoms with Crippen molar-refractivity contribution in [2.45, 2.75) is 20.3 Å². The molecular formula is C23H24N2O2. The summed E-state index contributed by atoms with van der Waals surface area (Å²) in [6.07, 6.45) is 5.24. The Hall–Kier alpha value is -2.62. The maximum absolute atomic E-state index is 13.2. The Bertz CT molecular complexity index is 946. The average molecular weight is 360 g/mol. The molecule has 2 fully saturated rings. The Morgan fingerprint density at radius 1 is 0.889 bits per heavy atom. The van der Waals surface area contributed by atoms with E-state index < -0.39 is 0 Å². The smallest absolute Gasteiger partial charge is 0.238 e. The maximum atomic E-state index is 13.2. The van der Waals surface area contributed by atoms with Gasteiger partial charge in [-0.3, -0.25) is 9.59 Å². The predicted octanol–water partition coefficient (Wildman–Crippen LogP) is 4.00. The second-order valence-corrected chi connectivity index (χ2v) is 7.83. The standard InChI is InChI=1S/C23H24N2O2/c1-3-24(4-2)18-11-12-19(17-8-6-5-7-16(17)18)25-22(26)20-14-9-10-15(13-14)21(20)23(25)27/h5-12,14-15,20-21H,3-4,13H2,1-2H3/t14-,15+,20-,21+. The van der Waals surface area contributed by atoms with Crippen LogP contribution in [0, 0.1) is 23.7 Å². The third-order valence-electron chi connectivity index (χ3n) is 6.69. The molecule has 2 bridgehead atoms. The van der Waals surface area contributed by atoms with Crippen LogP contribution in [0.3, 0.4) is 0 Å². The lowest BCUT2D eigenvalue weighted by Crippen LogP contribution is -2.33. The van der Waals surface area contributed by atoms with Crippen molar-refractivity contribution in [3.05, 3.63) is 48.6 Å². The van der Waals surface area contributed by atoms with Crippen molar-refractivity contribution < 1.29 is 9.59 Å². The first kappa shape index (κ1) is 16.5. The van der Waals surface area contributed by atoms with Crippen molar-refractivity contribution in [3.8, 4) is 0 Å². The highest BCUT2D eigenvalue weighted by Gasteiger charge is 2.59. The lowest BCUT2D eigenvalue weighted by atomic mass is 9.85. The van der Waals surface area contributed by atoms with Crippen LogP contribution < -0.4 is 9.80 Å². The minimum Gasteiger partial charge on any atom is -0.372 e. The minimum atomic E-state index is -0.159.